The van der Waals surface area contributed by atoms with Crippen molar-refractivity contribution in [1.82, 2.24) is 4.90 Å². The largest absolute Gasteiger partial charge is 0.475 e. The molecule has 94 valence electrons. The quantitative estimate of drug-likeness (QED) is 0.778. The predicted molar refractivity (Wildman–Crippen MR) is 59.7 cm³/mol. The molecule has 1 aliphatic rings. The molecule has 0 aromatic carbocycles. The van der Waals surface area contributed by atoms with E-state index in [1.54, 1.807) is 6.07 Å². The summed E-state index contributed by atoms with van der Waals surface area (Å²) in [5.74, 6) is -0.415. The van der Waals surface area contributed by atoms with Gasteiger partial charge in [-0.3, -0.25) is 4.90 Å². The van der Waals surface area contributed by atoms with Crippen molar-refractivity contribution in [3.05, 3.63) is 23.7 Å². The normalized spacial score (nSPS) is 21.6. The number of ether oxygens (including phenoxy) is 1. The molecule has 2 heterocycles. The maximum absolute atomic E-state index is 10.7. The average molecular weight is 240 g/mol. The maximum atomic E-state index is 10.7. The first-order chi connectivity index (χ1) is 8.19. The lowest BCUT2D eigenvalue weighted by atomic mass is 10.2. The van der Waals surface area contributed by atoms with E-state index in [-0.39, 0.29) is 11.9 Å². The van der Waals surface area contributed by atoms with Crippen LogP contribution in [-0.2, 0) is 11.3 Å². The van der Waals surface area contributed by atoms with Crippen LogP contribution in [0, 0.1) is 0 Å². The Kier molecular flexibility index (Phi) is 3.78. The molecule has 0 spiro atoms. The smallest absolute Gasteiger partial charge is 0.371 e. The fourth-order valence-electron chi connectivity index (χ4n) is 1.86. The third-order valence-electron chi connectivity index (χ3n) is 2.74. The molecule has 1 saturated heterocycles. The second-order valence-corrected chi connectivity index (χ2v) is 4.03. The molecule has 1 fully saturated rings. The molecule has 1 aromatic heterocycles. The Morgan fingerprint density at radius 2 is 2.41 bits per heavy atom. The molecule has 3 N–H and O–H groups in total. The molecule has 2 rings (SSSR count). The van der Waals surface area contributed by atoms with E-state index in [1.807, 2.05) is 0 Å². The number of hydrogen-bond acceptors (Lipinski definition) is 5. The van der Waals surface area contributed by atoms with E-state index in [2.05, 4.69) is 4.90 Å². The summed E-state index contributed by atoms with van der Waals surface area (Å²) in [6.07, 6.45) is 0.0534. The van der Waals surface area contributed by atoms with Crippen molar-refractivity contribution < 1.29 is 19.1 Å². The van der Waals surface area contributed by atoms with Gasteiger partial charge in [0.2, 0.25) is 5.76 Å². The molecular formula is C11H16N2O4. The van der Waals surface area contributed by atoms with Crippen molar-refractivity contribution >= 4 is 5.97 Å². The molecular weight excluding hydrogens is 224 g/mol. The van der Waals surface area contributed by atoms with E-state index in [9.17, 15) is 4.79 Å². The number of carbonyl (C=O) groups is 1. The second-order valence-electron chi connectivity index (χ2n) is 4.03. The number of furan rings is 1. The number of nitrogens with two attached hydrogens (primary N) is 1. The SMILES string of the molecule is NCC1CN(Cc2ccc(C(=O)O)o2)CCO1. The van der Waals surface area contributed by atoms with Crippen molar-refractivity contribution in [3.8, 4) is 0 Å². The molecule has 1 aliphatic heterocycles. The molecule has 1 aromatic rings. The third kappa shape index (κ3) is 3.06. The molecule has 1 unspecified atom stereocenters. The van der Waals surface area contributed by atoms with Gasteiger partial charge >= 0.3 is 5.97 Å². The third-order valence-corrected chi connectivity index (χ3v) is 2.74. The van der Waals surface area contributed by atoms with Crippen molar-refractivity contribution in [2.75, 3.05) is 26.2 Å². The van der Waals surface area contributed by atoms with Gasteiger partial charge in [-0.2, -0.15) is 0 Å². The van der Waals surface area contributed by atoms with E-state index in [4.69, 9.17) is 20.0 Å². The molecule has 6 heteroatoms. The summed E-state index contributed by atoms with van der Waals surface area (Å²) in [5, 5.41) is 8.74. The Balaban J connectivity index is 1.93. The monoisotopic (exact) mass is 240 g/mol. The van der Waals surface area contributed by atoms with Crippen LogP contribution in [0.2, 0.25) is 0 Å². The van der Waals surface area contributed by atoms with Crippen molar-refractivity contribution in [3.63, 3.8) is 0 Å². The number of hydrogen-bond donors (Lipinski definition) is 2. The summed E-state index contributed by atoms with van der Waals surface area (Å²) < 4.78 is 10.7. The first-order valence-electron chi connectivity index (χ1n) is 5.55. The van der Waals surface area contributed by atoms with E-state index in [0.29, 0.717) is 25.5 Å². The Bertz CT molecular complexity index is 391. The molecule has 0 bridgehead atoms. The van der Waals surface area contributed by atoms with Crippen molar-refractivity contribution in [2.45, 2.75) is 12.6 Å². The lowest BCUT2D eigenvalue weighted by Gasteiger charge is -2.31. The Hall–Kier alpha value is -1.37. The highest BCUT2D eigenvalue weighted by Gasteiger charge is 2.20. The summed E-state index contributed by atoms with van der Waals surface area (Å²) >= 11 is 0. The van der Waals surface area contributed by atoms with E-state index in [1.165, 1.54) is 6.07 Å². The minimum absolute atomic E-state index is 0.0244. The Morgan fingerprint density at radius 3 is 3.06 bits per heavy atom. The lowest BCUT2D eigenvalue weighted by molar-refractivity contribution is -0.0279. The summed E-state index contributed by atoms with van der Waals surface area (Å²) in [7, 11) is 0. The van der Waals surface area contributed by atoms with Crippen LogP contribution in [0.15, 0.2) is 16.5 Å². The highest BCUT2D eigenvalue weighted by atomic mass is 16.5. The van der Waals surface area contributed by atoms with Gasteiger partial charge in [0, 0.05) is 19.6 Å². The number of nitrogens with zero attached hydrogens (tertiary/aromatic N) is 1. The number of morpholine rings is 1. The van der Waals surface area contributed by atoms with E-state index < -0.39 is 5.97 Å². The first kappa shape index (κ1) is 12.1. The number of aromatic carboxylic acids is 1. The van der Waals surface area contributed by atoms with Crippen LogP contribution in [-0.4, -0.2) is 48.3 Å². The van der Waals surface area contributed by atoms with Gasteiger partial charge in [0.1, 0.15) is 5.76 Å². The van der Waals surface area contributed by atoms with Gasteiger partial charge in [-0.25, -0.2) is 4.79 Å². The van der Waals surface area contributed by atoms with Crippen molar-refractivity contribution in [1.29, 1.82) is 0 Å². The molecule has 17 heavy (non-hydrogen) atoms. The zero-order valence-electron chi connectivity index (χ0n) is 9.46. The van der Waals surface area contributed by atoms with E-state index >= 15 is 0 Å². The minimum Gasteiger partial charge on any atom is -0.475 e. The molecule has 0 amide bonds. The van der Waals surface area contributed by atoms with Crippen LogP contribution >= 0.6 is 0 Å². The van der Waals surface area contributed by atoms with Gasteiger partial charge in [-0.05, 0) is 12.1 Å². The minimum atomic E-state index is -1.04. The van der Waals surface area contributed by atoms with Crippen LogP contribution in [0.25, 0.3) is 0 Å². The van der Waals surface area contributed by atoms with Gasteiger partial charge < -0.3 is 20.0 Å². The van der Waals surface area contributed by atoms with Gasteiger partial charge in [-0.15, -0.1) is 0 Å². The number of carboxylic acids is 1. The zero-order valence-corrected chi connectivity index (χ0v) is 9.46. The summed E-state index contributed by atoms with van der Waals surface area (Å²) in [4.78, 5) is 12.8. The Labute approximate surface area is 98.9 Å². The highest BCUT2D eigenvalue weighted by Crippen LogP contribution is 2.13. The zero-order chi connectivity index (χ0) is 12.3. The molecule has 0 radical (unpaired) electrons. The predicted octanol–water partition coefficient (Wildman–Crippen LogP) is 0.137. The summed E-state index contributed by atoms with van der Waals surface area (Å²) in [6, 6.07) is 3.16. The first-order valence-corrected chi connectivity index (χ1v) is 5.55. The highest BCUT2D eigenvalue weighted by molar-refractivity contribution is 5.84. The van der Waals surface area contributed by atoms with Crippen LogP contribution < -0.4 is 5.73 Å². The van der Waals surface area contributed by atoms with Gasteiger partial charge in [0.05, 0.1) is 19.3 Å². The second kappa shape index (κ2) is 5.31. The van der Waals surface area contributed by atoms with Crippen LogP contribution in [0.1, 0.15) is 16.3 Å². The topological polar surface area (TPSA) is 88.9 Å². The fourth-order valence-corrected chi connectivity index (χ4v) is 1.86. The van der Waals surface area contributed by atoms with E-state index in [0.717, 1.165) is 13.1 Å². The standard InChI is InChI=1S/C11H16N2O4/c12-5-9-7-13(3-4-16-9)6-8-1-2-10(17-8)11(14)15/h1-2,9H,3-7,12H2,(H,14,15). The van der Waals surface area contributed by atoms with Gasteiger partial charge in [-0.1, -0.05) is 0 Å². The lowest BCUT2D eigenvalue weighted by Crippen LogP contribution is -2.45. The molecule has 0 aliphatic carbocycles. The summed E-state index contributed by atoms with van der Waals surface area (Å²) in [5.41, 5.74) is 5.55. The average Bonchev–Trinajstić information content (AvgIpc) is 2.78. The Morgan fingerprint density at radius 1 is 1.59 bits per heavy atom. The van der Waals surface area contributed by atoms with Crippen LogP contribution in [0.4, 0.5) is 0 Å². The number of carboxylic acid groups (broad SMARTS) is 1. The molecule has 0 saturated carbocycles. The molecule has 1 atom stereocenters. The van der Waals surface area contributed by atoms with Crippen molar-refractivity contribution in [2.24, 2.45) is 5.73 Å². The number of rotatable bonds is 4. The van der Waals surface area contributed by atoms with Gasteiger partial charge in [0.25, 0.3) is 0 Å². The van der Waals surface area contributed by atoms with Gasteiger partial charge in [0.15, 0.2) is 0 Å². The molecule has 6 nitrogen and oxygen atoms in total. The maximum Gasteiger partial charge on any atom is 0.371 e. The summed E-state index contributed by atoms with van der Waals surface area (Å²) in [6.45, 7) is 3.29. The fraction of sp³-hybridized carbons (Fsp3) is 0.545. The van der Waals surface area contributed by atoms with Crippen LogP contribution in [0.5, 0.6) is 0 Å². The van der Waals surface area contributed by atoms with Crippen LogP contribution in [0.3, 0.4) is 0 Å².